The molecule has 0 aromatic carbocycles. The van der Waals surface area contributed by atoms with Crippen molar-refractivity contribution in [2.75, 3.05) is 0 Å². The molecule has 0 spiro atoms. The average Bonchev–Trinajstić information content (AvgIpc) is 3.19. The molecule has 2 aliphatic heterocycles. The number of carbonyl (C=O) groups is 2. The SMILES string of the molecule is CC(C)[C@@H](O)C[C@H]1O[C@]1(C)C(=O)[C@@H](C)C1CC[C@H](C)[C@H](O)CC(=O)O1. The van der Waals surface area contributed by atoms with Gasteiger partial charge in [-0.25, -0.2) is 0 Å². The van der Waals surface area contributed by atoms with Gasteiger partial charge in [0.05, 0.1) is 30.7 Å². The highest BCUT2D eigenvalue weighted by atomic mass is 16.6. The summed E-state index contributed by atoms with van der Waals surface area (Å²) in [7, 11) is 0. The maximum atomic E-state index is 12.9. The molecule has 2 heterocycles. The second-order valence-corrected chi connectivity index (χ2v) is 8.27. The van der Waals surface area contributed by atoms with Crippen LogP contribution in [-0.4, -0.2) is 52.0 Å². The first-order valence-electron chi connectivity index (χ1n) is 9.34. The normalized spacial score (nSPS) is 38.5. The number of aliphatic hydroxyl groups is 2. The second kappa shape index (κ2) is 7.72. The van der Waals surface area contributed by atoms with Crippen molar-refractivity contribution in [3.8, 4) is 0 Å². The third kappa shape index (κ3) is 4.60. The summed E-state index contributed by atoms with van der Waals surface area (Å²) in [4.78, 5) is 24.8. The van der Waals surface area contributed by atoms with Crippen molar-refractivity contribution in [3.63, 3.8) is 0 Å². The average molecular weight is 356 g/mol. The molecule has 2 saturated heterocycles. The zero-order valence-electron chi connectivity index (χ0n) is 15.9. The lowest BCUT2D eigenvalue weighted by Gasteiger charge is -2.30. The van der Waals surface area contributed by atoms with E-state index in [1.54, 1.807) is 13.8 Å². The largest absolute Gasteiger partial charge is 0.462 e. The van der Waals surface area contributed by atoms with E-state index in [0.717, 1.165) is 0 Å². The van der Waals surface area contributed by atoms with E-state index in [1.807, 2.05) is 20.8 Å². The standard InChI is InChI=1S/C19H32O6/c1-10(2)13(20)8-16-19(5,25-16)18(23)12(4)15-7-6-11(3)14(21)9-17(22)24-15/h10-16,20-21H,6-9H2,1-5H3/t11-,12-,13-,14+,15?,16+,19-/m0/s1. The molecule has 2 rings (SSSR count). The topological polar surface area (TPSA) is 96.4 Å². The Hall–Kier alpha value is -0.980. The van der Waals surface area contributed by atoms with Gasteiger partial charge in [0.2, 0.25) is 0 Å². The number of esters is 1. The van der Waals surface area contributed by atoms with Crippen molar-refractivity contribution < 1.29 is 29.3 Å². The van der Waals surface area contributed by atoms with E-state index < -0.39 is 35.8 Å². The van der Waals surface area contributed by atoms with Crippen LogP contribution in [0.1, 0.15) is 60.3 Å². The Morgan fingerprint density at radius 2 is 1.96 bits per heavy atom. The molecule has 25 heavy (non-hydrogen) atoms. The third-order valence-electron chi connectivity index (χ3n) is 5.85. The Labute approximate surface area is 149 Å². The number of hydrogen-bond donors (Lipinski definition) is 2. The van der Waals surface area contributed by atoms with E-state index in [9.17, 15) is 19.8 Å². The van der Waals surface area contributed by atoms with Gasteiger partial charge >= 0.3 is 5.97 Å². The minimum atomic E-state index is -0.908. The lowest BCUT2D eigenvalue weighted by Crippen LogP contribution is -2.41. The van der Waals surface area contributed by atoms with Gasteiger partial charge < -0.3 is 19.7 Å². The number of ketones is 1. The summed E-state index contributed by atoms with van der Waals surface area (Å²) in [5.74, 6) is -0.908. The molecule has 0 aromatic rings. The molecule has 7 atom stereocenters. The van der Waals surface area contributed by atoms with Crippen LogP contribution >= 0.6 is 0 Å². The van der Waals surface area contributed by atoms with Crippen molar-refractivity contribution in [1.29, 1.82) is 0 Å². The summed E-state index contributed by atoms with van der Waals surface area (Å²) in [5, 5.41) is 19.9. The summed E-state index contributed by atoms with van der Waals surface area (Å²) in [6.45, 7) is 9.28. The Balaban J connectivity index is 1.98. The van der Waals surface area contributed by atoms with E-state index in [0.29, 0.717) is 19.3 Å². The van der Waals surface area contributed by atoms with Gasteiger partial charge in [0.15, 0.2) is 11.4 Å². The molecule has 0 saturated carbocycles. The van der Waals surface area contributed by atoms with Gasteiger partial charge in [-0.3, -0.25) is 9.59 Å². The van der Waals surface area contributed by atoms with Crippen LogP contribution in [0.25, 0.3) is 0 Å². The zero-order chi connectivity index (χ0) is 18.9. The van der Waals surface area contributed by atoms with Crippen LogP contribution in [0.15, 0.2) is 0 Å². The van der Waals surface area contributed by atoms with Gasteiger partial charge in [-0.1, -0.05) is 27.7 Å². The fourth-order valence-corrected chi connectivity index (χ4v) is 3.48. The molecule has 0 bridgehead atoms. The fourth-order valence-electron chi connectivity index (χ4n) is 3.48. The minimum Gasteiger partial charge on any atom is -0.462 e. The van der Waals surface area contributed by atoms with Gasteiger partial charge in [0.25, 0.3) is 0 Å². The molecule has 0 amide bonds. The third-order valence-corrected chi connectivity index (χ3v) is 5.85. The summed E-state index contributed by atoms with van der Waals surface area (Å²) in [5.41, 5.74) is -0.908. The molecule has 0 radical (unpaired) electrons. The summed E-state index contributed by atoms with van der Waals surface area (Å²) in [6, 6.07) is 0. The van der Waals surface area contributed by atoms with E-state index in [-0.39, 0.29) is 30.1 Å². The predicted molar refractivity (Wildman–Crippen MR) is 91.8 cm³/mol. The van der Waals surface area contributed by atoms with Gasteiger partial charge in [-0.2, -0.15) is 0 Å². The van der Waals surface area contributed by atoms with Crippen molar-refractivity contribution in [3.05, 3.63) is 0 Å². The zero-order valence-corrected chi connectivity index (χ0v) is 15.9. The van der Waals surface area contributed by atoms with E-state index in [4.69, 9.17) is 9.47 Å². The quantitative estimate of drug-likeness (QED) is 0.557. The van der Waals surface area contributed by atoms with Gasteiger partial charge in [0.1, 0.15) is 6.10 Å². The number of hydrogen-bond acceptors (Lipinski definition) is 6. The van der Waals surface area contributed by atoms with Crippen LogP contribution in [0, 0.1) is 17.8 Å². The van der Waals surface area contributed by atoms with Crippen LogP contribution < -0.4 is 0 Å². The Bertz CT molecular complexity index is 504. The van der Waals surface area contributed by atoms with Crippen LogP contribution in [0.3, 0.4) is 0 Å². The highest BCUT2D eigenvalue weighted by Crippen LogP contribution is 2.43. The first kappa shape index (κ1) is 20.3. The summed E-state index contributed by atoms with van der Waals surface area (Å²) < 4.78 is 11.1. The molecule has 2 aliphatic rings. The molecule has 0 aromatic heterocycles. The van der Waals surface area contributed by atoms with E-state index in [2.05, 4.69) is 0 Å². The van der Waals surface area contributed by atoms with Crippen molar-refractivity contribution in [1.82, 2.24) is 0 Å². The highest BCUT2D eigenvalue weighted by molar-refractivity contribution is 5.92. The number of cyclic esters (lactones) is 1. The van der Waals surface area contributed by atoms with Crippen molar-refractivity contribution >= 4 is 11.8 Å². The number of carbonyl (C=O) groups excluding carboxylic acids is 2. The number of aliphatic hydroxyl groups excluding tert-OH is 2. The monoisotopic (exact) mass is 356 g/mol. The number of Topliss-reactive ketones (excluding diaryl/α,β-unsaturated/α-hetero) is 1. The molecule has 2 fully saturated rings. The lowest BCUT2D eigenvalue weighted by molar-refractivity contribution is -0.159. The van der Waals surface area contributed by atoms with Gasteiger partial charge in [0, 0.05) is 6.42 Å². The molecule has 2 N–H and O–H groups in total. The molecule has 1 unspecified atom stereocenters. The molecule has 6 heteroatoms. The first-order chi connectivity index (χ1) is 11.6. The molecule has 6 nitrogen and oxygen atoms in total. The van der Waals surface area contributed by atoms with Crippen LogP contribution in [-0.2, 0) is 19.1 Å². The lowest BCUT2D eigenvalue weighted by atomic mass is 9.83. The second-order valence-electron chi connectivity index (χ2n) is 8.27. The Morgan fingerprint density at radius 1 is 1.32 bits per heavy atom. The molecule has 144 valence electrons. The van der Waals surface area contributed by atoms with Gasteiger partial charge in [-0.15, -0.1) is 0 Å². The van der Waals surface area contributed by atoms with Crippen LogP contribution in [0.5, 0.6) is 0 Å². The summed E-state index contributed by atoms with van der Waals surface area (Å²) in [6.07, 6.45) is -0.329. The minimum absolute atomic E-state index is 0.000601. The molecule has 0 aliphatic carbocycles. The van der Waals surface area contributed by atoms with E-state index in [1.165, 1.54) is 0 Å². The maximum absolute atomic E-state index is 12.9. The van der Waals surface area contributed by atoms with Crippen molar-refractivity contribution in [2.45, 2.75) is 90.3 Å². The Kier molecular flexibility index (Phi) is 6.28. The van der Waals surface area contributed by atoms with Gasteiger partial charge in [-0.05, 0) is 31.6 Å². The van der Waals surface area contributed by atoms with Crippen molar-refractivity contribution in [2.24, 2.45) is 17.8 Å². The number of epoxide rings is 1. The first-order valence-corrected chi connectivity index (χ1v) is 9.34. The molecular weight excluding hydrogens is 324 g/mol. The number of rotatable bonds is 6. The summed E-state index contributed by atoms with van der Waals surface area (Å²) >= 11 is 0. The highest BCUT2D eigenvalue weighted by Gasteiger charge is 2.60. The molecular formula is C19H32O6. The predicted octanol–water partition coefficient (Wildman–Crippen LogP) is 1.85. The smallest absolute Gasteiger partial charge is 0.308 e. The van der Waals surface area contributed by atoms with E-state index >= 15 is 0 Å². The van der Waals surface area contributed by atoms with Crippen LogP contribution in [0.4, 0.5) is 0 Å². The van der Waals surface area contributed by atoms with Crippen LogP contribution in [0.2, 0.25) is 0 Å². The maximum Gasteiger partial charge on any atom is 0.308 e. The fraction of sp³-hybridized carbons (Fsp3) is 0.895. The number of ether oxygens (including phenoxy) is 2. The Morgan fingerprint density at radius 3 is 2.56 bits per heavy atom.